The number of thiazole rings is 3. The fraction of sp³-hybridized carbons (Fsp3) is 0.493. The van der Waals surface area contributed by atoms with Crippen LogP contribution >= 0.6 is 49.9 Å². The summed E-state index contributed by atoms with van der Waals surface area (Å²) in [4.78, 5) is 41.5. The first-order valence-corrected chi connectivity index (χ1v) is 43.8. The number of piperazine rings is 5. The van der Waals surface area contributed by atoms with E-state index in [2.05, 4.69) is 115 Å². The number of imidazole rings is 3. The Balaban J connectivity index is 0.000000137. The van der Waals surface area contributed by atoms with Crippen LogP contribution in [0.15, 0.2) is 146 Å². The van der Waals surface area contributed by atoms with E-state index in [1.807, 2.05) is 18.6 Å². The largest absolute Gasteiger partial charge is 0.392 e. The van der Waals surface area contributed by atoms with E-state index in [1.54, 1.807) is 64.0 Å². The fourth-order valence-electron chi connectivity index (χ4n) is 15.3. The number of hydrogen-bond donors (Lipinski definition) is 2. The third-order valence-electron chi connectivity index (χ3n) is 21.6. The van der Waals surface area contributed by atoms with Gasteiger partial charge in [-0.15, -0.1) is 0 Å². The lowest BCUT2D eigenvalue weighted by molar-refractivity contribution is 0.173. The van der Waals surface area contributed by atoms with Crippen molar-refractivity contribution in [2.45, 2.75) is 108 Å². The molecule has 0 radical (unpaired) electrons. The number of rotatable bonds is 20. The molecule has 3 aromatic carbocycles. The van der Waals surface area contributed by atoms with Gasteiger partial charge in [0.15, 0.2) is 26.8 Å². The van der Waals surface area contributed by atoms with Gasteiger partial charge < -0.3 is 33.7 Å². The number of aliphatic hydroxyl groups is 2. The average molecular weight is 1670 g/mol. The number of aromatic nitrogens is 9. The van der Waals surface area contributed by atoms with E-state index in [1.165, 1.54) is 82.0 Å². The van der Waals surface area contributed by atoms with E-state index in [4.69, 9.17) is 0 Å². The number of sulfonamides is 3. The number of fused-ring (bicyclic) bond motifs is 2. The molecule has 7 aliphatic heterocycles. The van der Waals surface area contributed by atoms with Crippen LogP contribution in [0.25, 0.3) is 0 Å². The molecule has 9 aromatic rings. The smallest absolute Gasteiger partial charge is 0.254 e. The zero-order valence-corrected chi connectivity index (χ0v) is 66.6. The Kier molecular flexibility index (Phi) is 24.5. The zero-order valence-electron chi connectivity index (χ0n) is 60.1. The van der Waals surface area contributed by atoms with E-state index in [0.717, 1.165) is 121 Å². The molecule has 37 heteroatoms. The van der Waals surface area contributed by atoms with Crippen LogP contribution in [0.1, 0.15) is 85.5 Å². The average Bonchev–Trinajstić information content (AvgIpc) is 1.55. The van der Waals surface area contributed by atoms with Crippen molar-refractivity contribution >= 4 is 90.3 Å². The molecule has 7 saturated heterocycles. The highest BCUT2D eigenvalue weighted by Crippen LogP contribution is 2.36. The second kappa shape index (κ2) is 33.8. The van der Waals surface area contributed by atoms with Gasteiger partial charge in [-0.3, -0.25) is 24.5 Å². The molecule has 27 nitrogen and oxygen atoms in total. The van der Waals surface area contributed by atoms with Crippen molar-refractivity contribution in [3.05, 3.63) is 184 Å². The highest BCUT2D eigenvalue weighted by Gasteiger charge is 2.40. The first kappa shape index (κ1) is 78.2. The first-order valence-electron chi connectivity index (χ1n) is 36.2. The first-order chi connectivity index (χ1) is 51.9. The number of nitrogens with zero attached hydrogens (tertiary/aromatic N) is 19. The highest BCUT2D eigenvalue weighted by molar-refractivity contribution is 9.11. The SMILES string of the molecule is C[C@H](c1ccc(F)cc1)n1cncc1CN1CCN(S(=O)(=O)c2cnc(Br)s2)CC1.C[C@H](c1ccc(F)cc1)n1cncc1CN1CCN(S(=O)(=O)c2cnc(N3CCN4C[C@H](O)C[C@H]4C3)s2)CC1.C[C@H](c1ccc(F)cc1)n1cncc1CN1CCN(S(=O)(=O)c2cnc(N3CCN4C[C@H](O)C[C@H]4C3)s2)CC1. The number of halogens is 4. The van der Waals surface area contributed by atoms with Gasteiger partial charge in [0.2, 0.25) is 0 Å². The molecule has 6 aromatic heterocycles. The van der Waals surface area contributed by atoms with Crippen molar-refractivity contribution in [1.29, 1.82) is 0 Å². The van der Waals surface area contributed by atoms with Gasteiger partial charge in [-0.25, -0.2) is 68.3 Å². The molecule has 0 unspecified atom stereocenters. The minimum Gasteiger partial charge on any atom is -0.392 e. The lowest BCUT2D eigenvalue weighted by atomic mass is 10.1. The van der Waals surface area contributed by atoms with Gasteiger partial charge in [-0.2, -0.15) is 12.9 Å². The molecule has 7 aliphatic rings. The lowest BCUT2D eigenvalue weighted by Gasteiger charge is -2.37. The summed E-state index contributed by atoms with van der Waals surface area (Å²) in [7, 11) is -10.7. The van der Waals surface area contributed by atoms with Crippen molar-refractivity contribution in [2.24, 2.45) is 0 Å². The zero-order chi connectivity index (χ0) is 75.6. The summed E-state index contributed by atoms with van der Waals surface area (Å²) in [5, 5.41) is 21.4. The third-order valence-corrected chi connectivity index (χ3v) is 32.2. The van der Waals surface area contributed by atoms with Crippen molar-refractivity contribution in [1.82, 2.24) is 81.0 Å². The number of anilines is 2. The standard InChI is InChI=1S/2C26H34FN7O3S2.C19H21BrFN5O2S2/c2*1-19(20-2-4-21(27)5-3-20)34-18-28-13-23(34)15-30-6-10-33(11-7-30)39(36,37)25-14-29-26(38-25)32-9-8-31-17-24(35)12-22(31)16-32;1-14(15-2-4-16(21)5-3-15)26-13-22-10-17(26)12-24-6-8-25(9-7-24)30(27,28)18-11-23-19(20)29-18/h2*2-5,13-14,18-19,22,24,35H,6-12,15-17H2,1H3;2-5,10-11,13-14H,6-9,12H2,1H3/t2*19-,22+,24-;14-/m111/s1. The predicted octanol–water partition coefficient (Wildman–Crippen LogP) is 7.06. The Morgan fingerprint density at radius 2 is 0.722 bits per heavy atom. The summed E-state index contributed by atoms with van der Waals surface area (Å²) >= 11 is 6.82. The summed E-state index contributed by atoms with van der Waals surface area (Å²) in [6.45, 7) is 20.6. The maximum Gasteiger partial charge on any atom is 0.254 e. The molecule has 0 spiro atoms. The Bertz CT molecular complexity index is 4630. The molecule has 108 heavy (non-hydrogen) atoms. The van der Waals surface area contributed by atoms with E-state index < -0.39 is 30.1 Å². The molecule has 16 rings (SSSR count). The number of aliphatic hydroxyl groups excluding tert-OH is 2. The second-order valence-electron chi connectivity index (χ2n) is 28.4. The number of hydrogen-bond acceptors (Lipinski definition) is 24. The Morgan fingerprint density at radius 1 is 0.417 bits per heavy atom. The van der Waals surface area contributed by atoms with Crippen molar-refractivity contribution in [2.75, 3.05) is 141 Å². The van der Waals surface area contributed by atoms with E-state index >= 15 is 0 Å². The van der Waals surface area contributed by atoms with E-state index in [-0.39, 0.29) is 60.4 Å². The Morgan fingerprint density at radius 3 is 1.03 bits per heavy atom. The summed E-state index contributed by atoms with van der Waals surface area (Å²) in [5.41, 5.74) is 6.10. The normalized spacial score (nSPS) is 22.3. The maximum absolute atomic E-state index is 13.4. The Labute approximate surface area is 648 Å². The minimum atomic E-state index is -3.62. The summed E-state index contributed by atoms with van der Waals surface area (Å²) in [6, 6.07) is 20.1. The van der Waals surface area contributed by atoms with Crippen molar-refractivity contribution < 1.29 is 48.6 Å². The molecule has 0 bridgehead atoms. The quantitative estimate of drug-likeness (QED) is 0.0773. The molecular weight excluding hydrogens is 1580 g/mol. The van der Waals surface area contributed by atoms with E-state index in [0.29, 0.717) is 114 Å². The molecule has 0 saturated carbocycles. The summed E-state index contributed by atoms with van der Waals surface area (Å²) in [6.07, 6.45) is 16.2. The summed E-state index contributed by atoms with van der Waals surface area (Å²) in [5.74, 6) is -0.769. The molecule has 0 amide bonds. The summed E-state index contributed by atoms with van der Waals surface area (Å²) < 4.78 is 131. The Hall–Kier alpha value is -6.50. The van der Waals surface area contributed by atoms with Crippen LogP contribution in [0.5, 0.6) is 0 Å². The van der Waals surface area contributed by atoms with Crippen LogP contribution in [-0.2, 0) is 49.7 Å². The van der Waals surface area contributed by atoms with Crippen molar-refractivity contribution in [3.8, 4) is 0 Å². The second-order valence-corrected chi connectivity index (χ2v) is 39.2. The van der Waals surface area contributed by atoms with Gasteiger partial charge in [0, 0.05) is 181 Å². The maximum atomic E-state index is 13.4. The molecule has 7 atom stereocenters. The van der Waals surface area contributed by atoms with Crippen LogP contribution < -0.4 is 9.80 Å². The molecule has 7 fully saturated rings. The fourth-order valence-corrected chi connectivity index (χ4v) is 24.2. The van der Waals surface area contributed by atoms with Crippen LogP contribution in [0.2, 0.25) is 0 Å². The van der Waals surface area contributed by atoms with Crippen LogP contribution in [-0.4, -0.2) is 272 Å². The third kappa shape index (κ3) is 17.9. The monoisotopic (exact) mass is 1660 g/mol. The van der Waals surface area contributed by atoms with E-state index in [9.17, 15) is 48.6 Å². The topological polar surface area (TPSA) is 267 Å². The van der Waals surface area contributed by atoms with Crippen LogP contribution in [0.3, 0.4) is 0 Å². The van der Waals surface area contributed by atoms with Gasteiger partial charge in [0.25, 0.3) is 30.1 Å². The predicted molar refractivity (Wildman–Crippen MR) is 410 cm³/mol. The van der Waals surface area contributed by atoms with Crippen LogP contribution in [0.4, 0.5) is 23.4 Å². The van der Waals surface area contributed by atoms with Gasteiger partial charge in [-0.05, 0) is 103 Å². The molecule has 13 heterocycles. The molecule has 2 N–H and O–H groups in total. The van der Waals surface area contributed by atoms with Crippen LogP contribution in [0, 0.1) is 17.5 Å². The minimum absolute atomic E-state index is 0.00649. The molecular formula is C71H89BrF3N19O8S6. The van der Waals surface area contributed by atoms with Gasteiger partial charge >= 0.3 is 0 Å². The van der Waals surface area contributed by atoms with Gasteiger partial charge in [-0.1, -0.05) is 70.4 Å². The molecule has 580 valence electrons. The molecule has 0 aliphatic carbocycles. The van der Waals surface area contributed by atoms with Gasteiger partial charge in [0.1, 0.15) is 17.5 Å². The highest BCUT2D eigenvalue weighted by atomic mass is 79.9. The lowest BCUT2D eigenvalue weighted by Crippen LogP contribution is -2.50. The van der Waals surface area contributed by atoms with Gasteiger partial charge in [0.05, 0.1) is 85.0 Å². The number of benzene rings is 3. The van der Waals surface area contributed by atoms with Crippen molar-refractivity contribution in [3.63, 3.8) is 0 Å².